The Balaban J connectivity index is 2.17. The van der Waals surface area contributed by atoms with Crippen molar-refractivity contribution in [1.82, 2.24) is 21.3 Å². The first-order chi connectivity index (χ1) is 7.63. The van der Waals surface area contributed by atoms with Crippen LogP contribution in [0.2, 0.25) is 0 Å². The zero-order valence-corrected chi connectivity index (χ0v) is 9.80. The largest absolute Gasteiger partial charge is 0.359 e. The average Bonchev–Trinajstić information content (AvgIpc) is 2.29. The molecule has 0 saturated carbocycles. The second-order valence-electron chi connectivity index (χ2n) is 3.98. The number of carbonyl (C=O) groups excluding carboxylic acids is 2. The van der Waals surface area contributed by atoms with Crippen molar-refractivity contribution >= 4 is 11.8 Å². The van der Waals surface area contributed by atoms with Crippen LogP contribution in [0.1, 0.15) is 13.3 Å². The Labute approximate surface area is 95.5 Å². The van der Waals surface area contributed by atoms with E-state index in [1.54, 1.807) is 7.05 Å². The molecule has 0 aromatic rings. The van der Waals surface area contributed by atoms with Crippen molar-refractivity contribution in [2.75, 3.05) is 26.7 Å². The number of carbonyl (C=O) groups is 2. The van der Waals surface area contributed by atoms with Crippen LogP contribution in [0.15, 0.2) is 0 Å². The molecule has 1 rings (SSSR count). The van der Waals surface area contributed by atoms with Gasteiger partial charge in [-0.2, -0.15) is 0 Å². The average molecular weight is 228 g/mol. The molecule has 1 aliphatic heterocycles. The van der Waals surface area contributed by atoms with Gasteiger partial charge in [-0.05, 0) is 6.92 Å². The van der Waals surface area contributed by atoms with Crippen molar-refractivity contribution in [3.05, 3.63) is 0 Å². The van der Waals surface area contributed by atoms with E-state index in [4.69, 9.17) is 0 Å². The Morgan fingerprint density at radius 2 is 2.06 bits per heavy atom. The quantitative estimate of drug-likeness (QED) is 0.457. The molecule has 1 aliphatic rings. The molecule has 16 heavy (non-hydrogen) atoms. The maximum Gasteiger partial charge on any atom is 0.238 e. The number of rotatable bonds is 4. The van der Waals surface area contributed by atoms with Crippen LogP contribution in [0.25, 0.3) is 0 Å². The highest BCUT2D eigenvalue weighted by Crippen LogP contribution is 1.93. The smallest absolute Gasteiger partial charge is 0.238 e. The Morgan fingerprint density at radius 1 is 1.31 bits per heavy atom. The molecule has 2 amide bonds. The predicted molar refractivity (Wildman–Crippen MR) is 60.9 cm³/mol. The lowest BCUT2D eigenvalue weighted by atomic mass is 10.1. The lowest BCUT2D eigenvalue weighted by Crippen LogP contribution is -2.59. The van der Waals surface area contributed by atoms with Crippen molar-refractivity contribution in [2.45, 2.75) is 25.4 Å². The molecule has 1 fully saturated rings. The Kier molecular flexibility index (Phi) is 5.21. The second-order valence-corrected chi connectivity index (χ2v) is 3.98. The summed E-state index contributed by atoms with van der Waals surface area (Å²) in [5.41, 5.74) is 0. The third-order valence-electron chi connectivity index (χ3n) is 2.59. The molecule has 2 atom stereocenters. The van der Waals surface area contributed by atoms with Crippen molar-refractivity contribution in [1.29, 1.82) is 0 Å². The summed E-state index contributed by atoms with van der Waals surface area (Å²) in [6, 6.07) is 0.204. The van der Waals surface area contributed by atoms with Crippen LogP contribution in [0, 0.1) is 0 Å². The highest BCUT2D eigenvalue weighted by Gasteiger charge is 2.22. The van der Waals surface area contributed by atoms with Gasteiger partial charge in [-0.3, -0.25) is 9.59 Å². The van der Waals surface area contributed by atoms with E-state index in [1.165, 1.54) is 0 Å². The summed E-state index contributed by atoms with van der Waals surface area (Å²) in [4.78, 5) is 22.6. The molecule has 0 aromatic heterocycles. The van der Waals surface area contributed by atoms with Crippen LogP contribution in [0.3, 0.4) is 0 Å². The van der Waals surface area contributed by atoms with Gasteiger partial charge in [-0.1, -0.05) is 0 Å². The maximum atomic E-state index is 11.6. The van der Waals surface area contributed by atoms with Crippen molar-refractivity contribution in [3.63, 3.8) is 0 Å². The summed E-state index contributed by atoms with van der Waals surface area (Å²) in [7, 11) is 1.58. The van der Waals surface area contributed by atoms with Crippen LogP contribution in [-0.4, -0.2) is 50.6 Å². The van der Waals surface area contributed by atoms with Gasteiger partial charge in [0.2, 0.25) is 11.8 Å². The number of hydrogen-bond acceptors (Lipinski definition) is 4. The zero-order valence-electron chi connectivity index (χ0n) is 9.80. The van der Waals surface area contributed by atoms with Gasteiger partial charge < -0.3 is 21.3 Å². The molecule has 0 radical (unpaired) electrons. The Hall–Kier alpha value is -1.14. The van der Waals surface area contributed by atoms with Gasteiger partial charge in [0.15, 0.2) is 0 Å². The molecule has 0 aliphatic carbocycles. The molecule has 4 N–H and O–H groups in total. The lowest BCUT2D eigenvalue weighted by Gasteiger charge is -2.28. The summed E-state index contributed by atoms with van der Waals surface area (Å²) in [6.45, 7) is 3.86. The predicted octanol–water partition coefficient (Wildman–Crippen LogP) is -1.81. The number of hydrogen-bond donors (Lipinski definition) is 4. The van der Waals surface area contributed by atoms with Gasteiger partial charge >= 0.3 is 0 Å². The summed E-state index contributed by atoms with van der Waals surface area (Å²) in [5, 5.41) is 11.6. The SMILES string of the molecule is CNC(=O)CCNC(=O)C1CNC(C)CN1. The first kappa shape index (κ1) is 12.9. The molecule has 0 spiro atoms. The van der Waals surface area contributed by atoms with E-state index in [9.17, 15) is 9.59 Å². The van der Waals surface area contributed by atoms with Crippen LogP contribution in [-0.2, 0) is 9.59 Å². The van der Waals surface area contributed by atoms with Gasteiger partial charge in [0, 0.05) is 39.1 Å². The van der Waals surface area contributed by atoms with E-state index in [0.717, 1.165) is 6.54 Å². The molecule has 0 aromatic carbocycles. The topological polar surface area (TPSA) is 82.3 Å². The van der Waals surface area contributed by atoms with Crippen molar-refractivity contribution in [3.8, 4) is 0 Å². The second kappa shape index (κ2) is 6.44. The molecule has 1 saturated heterocycles. The summed E-state index contributed by atoms with van der Waals surface area (Å²) in [6.07, 6.45) is 0.318. The Morgan fingerprint density at radius 3 is 2.62 bits per heavy atom. The molecular formula is C10H20N4O2. The van der Waals surface area contributed by atoms with Gasteiger partial charge in [0.25, 0.3) is 0 Å². The molecule has 6 nitrogen and oxygen atoms in total. The monoisotopic (exact) mass is 228 g/mol. The first-order valence-corrected chi connectivity index (χ1v) is 5.58. The third-order valence-corrected chi connectivity index (χ3v) is 2.59. The highest BCUT2D eigenvalue weighted by atomic mass is 16.2. The minimum atomic E-state index is -0.194. The van der Waals surface area contributed by atoms with E-state index in [1.807, 2.05) is 0 Å². The van der Waals surface area contributed by atoms with E-state index in [0.29, 0.717) is 25.6 Å². The molecule has 1 heterocycles. The van der Waals surface area contributed by atoms with Crippen LogP contribution in [0.5, 0.6) is 0 Å². The Bertz CT molecular complexity index is 249. The van der Waals surface area contributed by atoms with Gasteiger partial charge in [-0.25, -0.2) is 0 Å². The molecule has 2 unspecified atom stereocenters. The van der Waals surface area contributed by atoms with E-state index in [-0.39, 0.29) is 17.9 Å². The van der Waals surface area contributed by atoms with Crippen LogP contribution >= 0.6 is 0 Å². The van der Waals surface area contributed by atoms with E-state index in [2.05, 4.69) is 28.2 Å². The maximum absolute atomic E-state index is 11.6. The fraction of sp³-hybridized carbons (Fsp3) is 0.800. The fourth-order valence-corrected chi connectivity index (χ4v) is 1.52. The van der Waals surface area contributed by atoms with E-state index >= 15 is 0 Å². The number of amides is 2. The minimum absolute atomic E-state index is 0.0525. The van der Waals surface area contributed by atoms with Crippen LogP contribution < -0.4 is 21.3 Å². The molecular weight excluding hydrogens is 208 g/mol. The third kappa shape index (κ3) is 4.16. The fourth-order valence-electron chi connectivity index (χ4n) is 1.52. The van der Waals surface area contributed by atoms with Gasteiger partial charge in [0.1, 0.15) is 0 Å². The first-order valence-electron chi connectivity index (χ1n) is 5.58. The summed E-state index contributed by atoms with van der Waals surface area (Å²) < 4.78 is 0. The van der Waals surface area contributed by atoms with Crippen molar-refractivity contribution < 1.29 is 9.59 Å². The van der Waals surface area contributed by atoms with Gasteiger partial charge in [-0.15, -0.1) is 0 Å². The number of piperazine rings is 1. The summed E-state index contributed by atoms with van der Waals surface area (Å²) in [5.74, 6) is -0.119. The number of nitrogens with one attached hydrogen (secondary N) is 4. The zero-order chi connectivity index (χ0) is 12.0. The van der Waals surface area contributed by atoms with E-state index < -0.39 is 0 Å². The lowest BCUT2D eigenvalue weighted by molar-refractivity contribution is -0.123. The highest BCUT2D eigenvalue weighted by molar-refractivity contribution is 5.83. The summed E-state index contributed by atoms with van der Waals surface area (Å²) >= 11 is 0. The standard InChI is InChI=1S/C10H20N4O2/c1-7-5-14-8(6-13-7)10(16)12-4-3-9(15)11-2/h7-8,13-14H,3-6H2,1-2H3,(H,11,15)(H,12,16). The normalized spacial score (nSPS) is 24.9. The molecule has 0 bridgehead atoms. The van der Waals surface area contributed by atoms with Gasteiger partial charge in [0.05, 0.1) is 6.04 Å². The molecule has 92 valence electrons. The molecule has 6 heteroatoms. The van der Waals surface area contributed by atoms with Crippen LogP contribution in [0.4, 0.5) is 0 Å². The minimum Gasteiger partial charge on any atom is -0.359 e. The van der Waals surface area contributed by atoms with Crippen molar-refractivity contribution in [2.24, 2.45) is 0 Å².